The second-order valence-electron chi connectivity index (χ2n) is 4.82. The topological polar surface area (TPSA) is 42.4 Å². The quantitative estimate of drug-likeness (QED) is 0.727. The van der Waals surface area contributed by atoms with Crippen molar-refractivity contribution >= 4 is 39.0 Å². The highest BCUT2D eigenvalue weighted by Gasteiger charge is 2.07. The first-order valence-corrected chi connectivity index (χ1v) is 7.57. The van der Waals surface area contributed by atoms with E-state index in [2.05, 4.69) is 27.0 Å². The number of hydrogen-bond donors (Lipinski definition) is 1. The van der Waals surface area contributed by atoms with Crippen molar-refractivity contribution in [2.24, 2.45) is 0 Å². The van der Waals surface area contributed by atoms with E-state index in [4.69, 9.17) is 4.74 Å². The third-order valence-corrected chi connectivity index (χ3v) is 3.94. The first-order valence-electron chi connectivity index (χ1n) is 6.78. The Balaban J connectivity index is 1.94. The summed E-state index contributed by atoms with van der Waals surface area (Å²) in [7, 11) is 1.53. The highest BCUT2D eigenvalue weighted by molar-refractivity contribution is 9.10. The number of aromatic nitrogens is 1. The minimum absolute atomic E-state index is 0.100. The van der Waals surface area contributed by atoms with Gasteiger partial charge >= 0.3 is 0 Å². The molecule has 0 radical (unpaired) electrons. The molecule has 22 heavy (non-hydrogen) atoms. The van der Waals surface area contributed by atoms with Gasteiger partial charge < -0.3 is 9.84 Å². The normalized spacial score (nSPS) is 11.2. The molecule has 0 spiro atoms. The van der Waals surface area contributed by atoms with Gasteiger partial charge in [-0.05, 0) is 51.8 Å². The first-order chi connectivity index (χ1) is 10.7. The molecule has 0 fully saturated rings. The molecule has 0 aliphatic rings. The van der Waals surface area contributed by atoms with Crippen LogP contribution in [0.15, 0.2) is 53.0 Å². The minimum Gasteiger partial charge on any atom is -0.503 e. The van der Waals surface area contributed by atoms with Crippen molar-refractivity contribution in [1.82, 2.24) is 4.98 Å². The van der Waals surface area contributed by atoms with Crippen LogP contribution in [0.5, 0.6) is 11.5 Å². The number of rotatable bonds is 3. The van der Waals surface area contributed by atoms with Gasteiger partial charge in [0.2, 0.25) is 0 Å². The highest BCUT2D eigenvalue weighted by Crippen LogP contribution is 2.35. The molecule has 0 unspecified atom stereocenters. The molecule has 3 nitrogen and oxygen atoms in total. The average molecular weight is 356 g/mol. The van der Waals surface area contributed by atoms with Crippen LogP contribution in [0.1, 0.15) is 11.3 Å². The van der Waals surface area contributed by atoms with Crippen molar-refractivity contribution in [2.75, 3.05) is 7.11 Å². The summed E-state index contributed by atoms with van der Waals surface area (Å²) in [4.78, 5) is 4.59. The van der Waals surface area contributed by atoms with E-state index in [0.29, 0.717) is 10.2 Å². The zero-order valence-corrected chi connectivity index (χ0v) is 13.5. The summed E-state index contributed by atoms with van der Waals surface area (Å²) >= 11 is 3.32. The summed E-state index contributed by atoms with van der Waals surface area (Å²) < 4.78 is 5.74. The number of nitrogens with zero attached hydrogens (tertiary/aromatic N) is 1. The van der Waals surface area contributed by atoms with Gasteiger partial charge in [0, 0.05) is 5.39 Å². The smallest absolute Gasteiger partial charge is 0.172 e. The number of phenolic OH excluding ortho intramolecular Hbond substituents is 1. The van der Waals surface area contributed by atoms with Crippen LogP contribution in [0.4, 0.5) is 0 Å². The van der Waals surface area contributed by atoms with Gasteiger partial charge in [0.25, 0.3) is 0 Å². The van der Waals surface area contributed by atoms with Crippen LogP contribution in [0.3, 0.4) is 0 Å². The number of benzene rings is 2. The Bertz CT molecular complexity index is 859. The number of ether oxygens (including phenoxy) is 1. The third kappa shape index (κ3) is 2.97. The number of phenols is 1. The van der Waals surface area contributed by atoms with Crippen molar-refractivity contribution in [1.29, 1.82) is 0 Å². The Morgan fingerprint density at radius 1 is 1.09 bits per heavy atom. The predicted molar refractivity (Wildman–Crippen MR) is 93.0 cm³/mol. The second-order valence-corrected chi connectivity index (χ2v) is 5.67. The van der Waals surface area contributed by atoms with E-state index in [-0.39, 0.29) is 5.75 Å². The van der Waals surface area contributed by atoms with E-state index in [9.17, 15) is 5.11 Å². The van der Waals surface area contributed by atoms with Crippen LogP contribution in [0.25, 0.3) is 23.1 Å². The molecule has 0 amide bonds. The number of aromatic hydroxyl groups is 1. The van der Waals surface area contributed by atoms with Crippen LogP contribution in [0, 0.1) is 0 Å². The van der Waals surface area contributed by atoms with E-state index in [1.165, 1.54) is 7.11 Å². The molecular weight excluding hydrogens is 342 g/mol. The third-order valence-electron chi connectivity index (χ3n) is 3.34. The van der Waals surface area contributed by atoms with Crippen LogP contribution >= 0.6 is 15.9 Å². The van der Waals surface area contributed by atoms with E-state index < -0.39 is 0 Å². The number of fused-ring (bicyclic) bond motifs is 1. The molecule has 2 aromatic carbocycles. The molecule has 1 N–H and O–H groups in total. The molecular formula is C18H14BrNO2. The number of hydrogen-bond acceptors (Lipinski definition) is 3. The number of halogens is 1. The summed E-state index contributed by atoms with van der Waals surface area (Å²) in [6, 6.07) is 15.6. The lowest BCUT2D eigenvalue weighted by atomic mass is 10.1. The van der Waals surface area contributed by atoms with Gasteiger partial charge in [-0.2, -0.15) is 0 Å². The lowest BCUT2D eigenvalue weighted by Crippen LogP contribution is -1.86. The van der Waals surface area contributed by atoms with Crippen LogP contribution < -0.4 is 4.74 Å². The van der Waals surface area contributed by atoms with Crippen LogP contribution in [-0.4, -0.2) is 17.2 Å². The molecule has 0 saturated heterocycles. The monoisotopic (exact) mass is 355 g/mol. The Morgan fingerprint density at radius 2 is 1.91 bits per heavy atom. The van der Waals surface area contributed by atoms with Gasteiger partial charge in [-0.15, -0.1) is 0 Å². The molecule has 0 saturated carbocycles. The maximum absolute atomic E-state index is 9.82. The summed E-state index contributed by atoms with van der Waals surface area (Å²) in [5.74, 6) is 0.531. The van der Waals surface area contributed by atoms with Gasteiger partial charge in [-0.25, -0.2) is 4.98 Å². The summed E-state index contributed by atoms with van der Waals surface area (Å²) in [6.07, 6.45) is 3.87. The molecule has 1 aromatic heterocycles. The molecule has 1 heterocycles. The zero-order chi connectivity index (χ0) is 15.5. The first kappa shape index (κ1) is 14.6. The fourth-order valence-electron chi connectivity index (χ4n) is 2.20. The van der Waals surface area contributed by atoms with E-state index in [0.717, 1.165) is 22.2 Å². The summed E-state index contributed by atoms with van der Waals surface area (Å²) in [5.41, 5.74) is 2.76. The van der Waals surface area contributed by atoms with Gasteiger partial charge in [-0.1, -0.05) is 30.3 Å². The van der Waals surface area contributed by atoms with Gasteiger partial charge in [0.1, 0.15) is 0 Å². The standard InChI is InChI=1S/C18H14BrNO2/c1-22-17-11-12(10-15(19)18(17)21)6-8-14-9-7-13-4-2-3-5-16(13)20-14/h2-11,21H,1H3. The lowest BCUT2D eigenvalue weighted by molar-refractivity contribution is 0.372. The number of methoxy groups -OCH3 is 1. The Kier molecular flexibility index (Phi) is 4.11. The summed E-state index contributed by atoms with van der Waals surface area (Å²) in [5, 5.41) is 10.9. The van der Waals surface area contributed by atoms with E-state index >= 15 is 0 Å². The second kappa shape index (κ2) is 6.20. The highest BCUT2D eigenvalue weighted by atomic mass is 79.9. The van der Waals surface area contributed by atoms with Crippen LogP contribution in [-0.2, 0) is 0 Å². The molecule has 110 valence electrons. The Labute approximate surface area is 137 Å². The van der Waals surface area contributed by atoms with Crippen LogP contribution in [0.2, 0.25) is 0 Å². The number of pyridine rings is 1. The Morgan fingerprint density at radius 3 is 2.73 bits per heavy atom. The molecule has 3 aromatic rings. The fraction of sp³-hybridized carbons (Fsp3) is 0.0556. The Hall–Kier alpha value is -2.33. The summed E-state index contributed by atoms with van der Waals surface area (Å²) in [6.45, 7) is 0. The molecule has 0 atom stereocenters. The molecule has 0 bridgehead atoms. The largest absolute Gasteiger partial charge is 0.503 e. The van der Waals surface area contributed by atoms with Crippen molar-refractivity contribution in [3.63, 3.8) is 0 Å². The molecule has 0 aliphatic heterocycles. The average Bonchev–Trinajstić information content (AvgIpc) is 2.55. The lowest BCUT2D eigenvalue weighted by Gasteiger charge is -2.06. The maximum atomic E-state index is 9.82. The molecule has 3 rings (SSSR count). The maximum Gasteiger partial charge on any atom is 0.172 e. The van der Waals surface area contributed by atoms with Crippen molar-refractivity contribution in [3.8, 4) is 11.5 Å². The minimum atomic E-state index is 0.100. The SMILES string of the molecule is COc1cc(C=Cc2ccc3ccccc3n2)cc(Br)c1O. The molecule has 4 heteroatoms. The van der Waals surface area contributed by atoms with Crippen molar-refractivity contribution in [3.05, 3.63) is 64.3 Å². The predicted octanol–water partition coefficient (Wildman–Crippen LogP) is 4.88. The van der Waals surface area contributed by atoms with Gasteiger partial charge in [-0.3, -0.25) is 0 Å². The van der Waals surface area contributed by atoms with Gasteiger partial charge in [0.05, 0.1) is 22.8 Å². The van der Waals surface area contributed by atoms with E-state index in [1.54, 1.807) is 6.07 Å². The molecule has 0 aliphatic carbocycles. The fourth-order valence-corrected chi connectivity index (χ4v) is 2.66. The van der Waals surface area contributed by atoms with E-state index in [1.807, 2.05) is 48.6 Å². The van der Waals surface area contributed by atoms with Crippen molar-refractivity contribution in [2.45, 2.75) is 0 Å². The number of para-hydroxylation sites is 1. The zero-order valence-electron chi connectivity index (χ0n) is 12.0. The van der Waals surface area contributed by atoms with Gasteiger partial charge in [0.15, 0.2) is 11.5 Å². The van der Waals surface area contributed by atoms with Crippen molar-refractivity contribution < 1.29 is 9.84 Å².